The van der Waals surface area contributed by atoms with E-state index in [-0.39, 0.29) is 0 Å². The molecule has 0 radical (unpaired) electrons. The molecule has 0 spiro atoms. The molecule has 0 N–H and O–H groups in total. The third-order valence-electron chi connectivity index (χ3n) is 12.2. The number of hydrogen-bond acceptors (Lipinski definition) is 0. The Bertz CT molecular complexity index is 3170. The Hall–Kier alpha value is -8.06. The normalized spacial score (nSPS) is 12.1. The molecular weight excluding hydrogens is 745 g/mol. The summed E-state index contributed by atoms with van der Waals surface area (Å²) in [6.07, 6.45) is 4.65. The van der Waals surface area contributed by atoms with Crippen LogP contribution < -0.4 is 0 Å². The minimum atomic E-state index is 1.18. The maximum absolute atomic E-state index is 2.32. The molecule has 0 fully saturated rings. The molecule has 0 nitrogen and oxygen atoms in total. The van der Waals surface area contributed by atoms with Crippen LogP contribution in [-0.2, 0) is 0 Å². The zero-order valence-electron chi connectivity index (χ0n) is 34.2. The Morgan fingerprint density at radius 2 is 0.548 bits per heavy atom. The fourth-order valence-corrected chi connectivity index (χ4v) is 9.21. The van der Waals surface area contributed by atoms with Gasteiger partial charge in [-0.3, -0.25) is 0 Å². The molecule has 0 heterocycles. The third-order valence-corrected chi connectivity index (χ3v) is 12.2. The van der Waals surface area contributed by atoms with Crippen molar-refractivity contribution in [2.45, 2.75) is 0 Å². The fraction of sp³-hybridized carbons (Fsp3) is 0. The highest BCUT2D eigenvalue weighted by atomic mass is 14.2. The Morgan fingerprint density at radius 3 is 0.919 bits per heavy atom. The Morgan fingerprint density at radius 1 is 0.242 bits per heavy atom. The van der Waals surface area contributed by atoms with Gasteiger partial charge in [0.25, 0.3) is 0 Å². The second-order valence-electron chi connectivity index (χ2n) is 16.1. The summed E-state index contributed by atoms with van der Waals surface area (Å²) in [5.41, 5.74) is 14.4. The molecule has 11 aromatic carbocycles. The van der Waals surface area contributed by atoms with E-state index >= 15 is 0 Å². The highest BCUT2D eigenvalue weighted by Gasteiger charge is 2.18. The molecule has 0 aliphatic rings. The summed E-state index contributed by atoms with van der Waals surface area (Å²) in [7, 11) is 0. The van der Waals surface area contributed by atoms with Gasteiger partial charge >= 0.3 is 0 Å². The molecule has 0 aliphatic carbocycles. The number of benzene rings is 11. The van der Waals surface area contributed by atoms with Crippen LogP contribution in [0.4, 0.5) is 0 Å². The molecule has 0 amide bonds. The molecular formula is C62H42. The number of rotatable bonds is 8. The van der Waals surface area contributed by atoms with Crippen molar-refractivity contribution < 1.29 is 0 Å². The first-order valence-corrected chi connectivity index (χ1v) is 21.4. The van der Waals surface area contributed by atoms with Crippen molar-refractivity contribution in [3.8, 4) is 22.3 Å². The molecule has 11 aromatic rings. The van der Waals surface area contributed by atoms with Crippen LogP contribution in [0.15, 0.2) is 243 Å². The smallest absolute Gasteiger partial charge is 0.00264 e. The third kappa shape index (κ3) is 7.08. The zero-order chi connectivity index (χ0) is 41.2. The van der Waals surface area contributed by atoms with Crippen LogP contribution >= 0.6 is 0 Å². The molecule has 62 heavy (non-hydrogen) atoms. The summed E-state index contributed by atoms with van der Waals surface area (Å²) in [6, 6.07) is 88.3. The lowest BCUT2D eigenvalue weighted by molar-refractivity contribution is 1.55. The first-order chi connectivity index (χ1) is 30.7. The molecule has 0 aromatic heterocycles. The first-order valence-electron chi connectivity index (χ1n) is 21.4. The molecule has 0 aliphatic heterocycles. The van der Waals surface area contributed by atoms with Crippen molar-refractivity contribution in [2.24, 2.45) is 0 Å². The Balaban J connectivity index is 1.00. The van der Waals surface area contributed by atoms with Gasteiger partial charge in [-0.2, -0.15) is 0 Å². The summed E-state index contributed by atoms with van der Waals surface area (Å²) in [5, 5.41) is 9.97. The zero-order valence-corrected chi connectivity index (χ0v) is 34.2. The van der Waals surface area contributed by atoms with E-state index < -0.39 is 0 Å². The highest BCUT2D eigenvalue weighted by molar-refractivity contribution is 6.21. The fourth-order valence-electron chi connectivity index (χ4n) is 9.21. The second kappa shape index (κ2) is 16.2. The minimum Gasteiger partial charge on any atom is -0.0622 e. The largest absolute Gasteiger partial charge is 0.0622 e. The van der Waals surface area contributed by atoms with Gasteiger partial charge in [-0.05, 0) is 134 Å². The van der Waals surface area contributed by atoms with Gasteiger partial charge in [0.05, 0.1) is 0 Å². The van der Waals surface area contributed by atoms with E-state index in [1.54, 1.807) is 0 Å². The average molecular weight is 787 g/mol. The topological polar surface area (TPSA) is 0 Å². The van der Waals surface area contributed by atoms with Crippen LogP contribution in [0.2, 0.25) is 0 Å². The van der Waals surface area contributed by atoms with Crippen molar-refractivity contribution >= 4 is 66.4 Å². The van der Waals surface area contributed by atoms with Gasteiger partial charge in [-0.15, -0.1) is 0 Å². The van der Waals surface area contributed by atoms with Crippen LogP contribution in [-0.4, -0.2) is 0 Å². The van der Waals surface area contributed by atoms with E-state index in [1.165, 1.54) is 110 Å². The molecule has 0 atom stereocenters. The van der Waals surface area contributed by atoms with Crippen LogP contribution in [0.3, 0.4) is 0 Å². The second-order valence-corrected chi connectivity index (χ2v) is 16.1. The molecule has 0 unspecified atom stereocenters. The lowest BCUT2D eigenvalue weighted by Gasteiger charge is -2.18. The maximum atomic E-state index is 2.32. The van der Waals surface area contributed by atoms with E-state index in [9.17, 15) is 0 Å². The summed E-state index contributed by atoms with van der Waals surface area (Å²) < 4.78 is 0. The van der Waals surface area contributed by atoms with E-state index in [2.05, 4.69) is 255 Å². The van der Waals surface area contributed by atoms with Crippen molar-refractivity contribution in [3.05, 3.63) is 276 Å². The summed E-state index contributed by atoms with van der Waals surface area (Å²) in [4.78, 5) is 0. The highest BCUT2D eigenvalue weighted by Crippen LogP contribution is 2.44. The van der Waals surface area contributed by atoms with Gasteiger partial charge in [0.1, 0.15) is 0 Å². The molecule has 290 valence electrons. The maximum Gasteiger partial charge on any atom is -0.00264 e. The molecule has 0 heteroatoms. The Kier molecular flexibility index (Phi) is 9.65. The molecule has 11 rings (SSSR count). The number of fused-ring (bicyclic) bond motifs is 4. The van der Waals surface area contributed by atoms with E-state index in [4.69, 9.17) is 0 Å². The quantitative estimate of drug-likeness (QED) is 0.106. The van der Waals surface area contributed by atoms with Crippen LogP contribution in [0.1, 0.15) is 33.4 Å². The van der Waals surface area contributed by atoms with E-state index in [1.807, 2.05) is 0 Å². The summed E-state index contributed by atoms with van der Waals surface area (Å²) >= 11 is 0. The molecule has 0 bridgehead atoms. The standard InChI is InChI=1S/C62H42/c1-3-17-47(18-4-1)59(41-43-27-29-45-15-7-9-21-53(45)39-43)49-31-35-51(36-32-49)61-55-23-11-13-25-57(55)62(58-26-14-12-24-56(58)61)52-37-33-50(34-38-52)60(48-19-5-2-6-20-48)42-44-28-30-46-16-8-10-22-54(46)40-44/h1-42H/b59-41+,60-42+. The monoisotopic (exact) mass is 786 g/mol. The van der Waals surface area contributed by atoms with Gasteiger partial charge in [0.2, 0.25) is 0 Å². The Labute approximate surface area is 363 Å². The van der Waals surface area contributed by atoms with Gasteiger partial charge in [-0.25, -0.2) is 0 Å². The van der Waals surface area contributed by atoms with Crippen LogP contribution in [0.5, 0.6) is 0 Å². The van der Waals surface area contributed by atoms with Gasteiger partial charge < -0.3 is 0 Å². The molecule has 0 saturated carbocycles. The van der Waals surface area contributed by atoms with Crippen molar-refractivity contribution in [1.82, 2.24) is 0 Å². The van der Waals surface area contributed by atoms with Gasteiger partial charge in [0, 0.05) is 0 Å². The minimum absolute atomic E-state index is 1.18. The predicted molar refractivity (Wildman–Crippen MR) is 267 cm³/mol. The van der Waals surface area contributed by atoms with Crippen molar-refractivity contribution in [2.75, 3.05) is 0 Å². The SMILES string of the molecule is C(=C(/c1ccccc1)c1ccc(-c2c3ccccc3c(-c3ccc(/C(=C/c4ccc5ccccc5c4)c4ccccc4)cc3)c3ccccc23)cc1)/c1ccc2ccccc2c1. The van der Waals surface area contributed by atoms with Gasteiger partial charge in [-0.1, -0.05) is 231 Å². The van der Waals surface area contributed by atoms with Crippen molar-refractivity contribution in [1.29, 1.82) is 0 Å². The average Bonchev–Trinajstić information content (AvgIpc) is 3.35. The molecule has 0 saturated heterocycles. The summed E-state index contributed by atoms with van der Waals surface area (Å²) in [6.45, 7) is 0. The predicted octanol–water partition coefficient (Wildman–Crippen LogP) is 16.8. The lowest BCUT2D eigenvalue weighted by Crippen LogP contribution is -1.93. The first kappa shape index (κ1) is 37.0. The lowest BCUT2D eigenvalue weighted by atomic mass is 9.85. The van der Waals surface area contributed by atoms with Crippen molar-refractivity contribution in [3.63, 3.8) is 0 Å². The van der Waals surface area contributed by atoms with Crippen LogP contribution in [0, 0.1) is 0 Å². The number of hydrogen-bond donors (Lipinski definition) is 0. The van der Waals surface area contributed by atoms with Gasteiger partial charge in [0.15, 0.2) is 0 Å². The van der Waals surface area contributed by atoms with E-state index in [0.717, 1.165) is 0 Å². The summed E-state index contributed by atoms with van der Waals surface area (Å²) in [5.74, 6) is 0. The van der Waals surface area contributed by atoms with Crippen LogP contribution in [0.25, 0.3) is 88.6 Å². The van der Waals surface area contributed by atoms with E-state index in [0.29, 0.717) is 0 Å².